The number of carbonyl (C=O) groups is 1. The number of allylic oxidation sites excluding steroid dienone is 6. The zero-order valence-electron chi connectivity index (χ0n) is 14.8. The van der Waals surface area contributed by atoms with E-state index >= 15 is 0 Å². The molecule has 0 aliphatic rings. The Morgan fingerprint density at radius 1 is 0.833 bits per heavy atom. The van der Waals surface area contributed by atoms with Crippen LogP contribution in [-0.2, 0) is 9.68 Å². The van der Waals surface area contributed by atoms with Gasteiger partial charge in [-0.15, -0.1) is 0 Å². The minimum Gasteiger partial charge on any atom is -0.478 e. The third-order valence-corrected chi connectivity index (χ3v) is 3.59. The molecular weight excluding hydrogens is 304 g/mol. The van der Waals surface area contributed by atoms with Gasteiger partial charge < -0.3 is 9.99 Å². The molecule has 136 valence electrons. The van der Waals surface area contributed by atoms with Crippen LogP contribution in [0.1, 0.15) is 71.1 Å². The summed E-state index contributed by atoms with van der Waals surface area (Å²) >= 11 is 0. The average Bonchev–Trinajstić information content (AvgIpc) is 2.57. The Labute approximate surface area is 146 Å². The lowest BCUT2D eigenvalue weighted by atomic mass is 10.1. The van der Waals surface area contributed by atoms with Crippen molar-refractivity contribution >= 4 is 5.97 Å². The van der Waals surface area contributed by atoms with Crippen molar-refractivity contribution in [2.45, 2.75) is 71.1 Å². The van der Waals surface area contributed by atoms with E-state index in [1.165, 1.54) is 57.4 Å². The highest BCUT2D eigenvalue weighted by molar-refractivity contribution is 5.80. The van der Waals surface area contributed by atoms with E-state index in [-0.39, 0.29) is 0 Å². The fourth-order valence-corrected chi connectivity index (χ4v) is 2.25. The van der Waals surface area contributed by atoms with Crippen molar-refractivity contribution in [1.82, 2.24) is 0 Å². The molecule has 0 saturated carbocycles. The van der Waals surface area contributed by atoms with Crippen LogP contribution in [0.15, 0.2) is 48.3 Å². The molecule has 0 aromatic rings. The van der Waals surface area contributed by atoms with Gasteiger partial charge in [0.25, 0.3) is 0 Å². The summed E-state index contributed by atoms with van der Waals surface area (Å²) in [7, 11) is 0. The average molecular weight is 336 g/mol. The van der Waals surface area contributed by atoms with Crippen molar-refractivity contribution in [2.75, 3.05) is 0 Å². The van der Waals surface area contributed by atoms with Gasteiger partial charge in [-0.25, -0.2) is 10.1 Å². The van der Waals surface area contributed by atoms with Crippen LogP contribution in [0.5, 0.6) is 0 Å². The van der Waals surface area contributed by atoms with Gasteiger partial charge in [-0.3, -0.25) is 0 Å². The van der Waals surface area contributed by atoms with Crippen molar-refractivity contribution in [2.24, 2.45) is 0 Å². The maximum atomic E-state index is 10.3. The van der Waals surface area contributed by atoms with E-state index in [0.29, 0.717) is 5.76 Å². The Morgan fingerprint density at radius 2 is 1.38 bits per heavy atom. The van der Waals surface area contributed by atoms with E-state index in [4.69, 9.17) is 10.4 Å². The maximum absolute atomic E-state index is 10.3. The molecule has 0 heterocycles. The van der Waals surface area contributed by atoms with Crippen LogP contribution in [0.3, 0.4) is 0 Å². The Morgan fingerprint density at radius 3 is 1.92 bits per heavy atom. The number of aliphatic carboxylic acids is 1. The van der Waals surface area contributed by atoms with E-state index in [2.05, 4.69) is 11.8 Å². The van der Waals surface area contributed by atoms with Gasteiger partial charge in [0.05, 0.1) is 0 Å². The first-order valence-corrected chi connectivity index (χ1v) is 8.96. The SMILES string of the molecule is CCCCCCCCCCC/C=C(/C=C/C=C/C=C/C(=O)O)OO. The highest BCUT2D eigenvalue weighted by Crippen LogP contribution is 2.11. The molecule has 0 rings (SSSR count). The monoisotopic (exact) mass is 336 g/mol. The summed E-state index contributed by atoms with van der Waals surface area (Å²) in [6, 6.07) is 0. The number of rotatable bonds is 15. The first-order valence-electron chi connectivity index (χ1n) is 8.96. The molecule has 0 aliphatic carbocycles. The first-order chi connectivity index (χ1) is 11.7. The number of hydrogen-bond acceptors (Lipinski definition) is 3. The Kier molecular flexibility index (Phi) is 16.2. The van der Waals surface area contributed by atoms with Gasteiger partial charge in [0.2, 0.25) is 0 Å². The molecular formula is C20H32O4. The number of hydrogen-bond donors (Lipinski definition) is 2. The molecule has 0 saturated heterocycles. The van der Waals surface area contributed by atoms with Crippen LogP contribution in [0.25, 0.3) is 0 Å². The standard InChI is InChI=1S/C20H32O4/c1-2-3-4-5-6-7-8-9-10-13-16-19(24-23)17-14-11-12-15-18-20(21)22/h11-12,14-18,23H,2-10,13H2,1H3,(H,21,22)/b12-11+,17-14+,18-15+,19-16-. The summed E-state index contributed by atoms with van der Waals surface area (Å²) in [5.41, 5.74) is 0. The fraction of sp³-hybridized carbons (Fsp3) is 0.550. The molecule has 0 radical (unpaired) electrons. The van der Waals surface area contributed by atoms with Crippen LogP contribution in [-0.4, -0.2) is 16.3 Å². The molecule has 4 nitrogen and oxygen atoms in total. The van der Waals surface area contributed by atoms with E-state index in [1.54, 1.807) is 24.3 Å². The van der Waals surface area contributed by atoms with Crippen LogP contribution in [0.2, 0.25) is 0 Å². The number of carboxylic acid groups (broad SMARTS) is 1. The third-order valence-electron chi connectivity index (χ3n) is 3.59. The van der Waals surface area contributed by atoms with Gasteiger partial charge in [-0.1, -0.05) is 82.6 Å². The second-order valence-corrected chi connectivity index (χ2v) is 5.76. The predicted octanol–water partition coefficient (Wildman–Crippen LogP) is 6.03. The molecule has 0 atom stereocenters. The molecule has 0 spiro atoms. The summed E-state index contributed by atoms with van der Waals surface area (Å²) in [4.78, 5) is 14.6. The summed E-state index contributed by atoms with van der Waals surface area (Å²) < 4.78 is 0. The normalized spacial score (nSPS) is 12.7. The zero-order chi connectivity index (χ0) is 17.9. The summed E-state index contributed by atoms with van der Waals surface area (Å²) in [5.74, 6) is -0.578. The van der Waals surface area contributed by atoms with E-state index in [0.717, 1.165) is 18.9 Å². The molecule has 0 fully saturated rings. The van der Waals surface area contributed by atoms with Crippen molar-refractivity contribution in [3.8, 4) is 0 Å². The topological polar surface area (TPSA) is 66.8 Å². The van der Waals surface area contributed by atoms with Crippen LogP contribution >= 0.6 is 0 Å². The predicted molar refractivity (Wildman–Crippen MR) is 98.7 cm³/mol. The van der Waals surface area contributed by atoms with Gasteiger partial charge in [0.15, 0.2) is 5.76 Å². The van der Waals surface area contributed by atoms with Gasteiger partial charge in [0, 0.05) is 6.08 Å². The highest BCUT2D eigenvalue weighted by atomic mass is 17.1. The maximum Gasteiger partial charge on any atom is 0.328 e. The van der Waals surface area contributed by atoms with Crippen molar-refractivity contribution in [3.63, 3.8) is 0 Å². The quantitative estimate of drug-likeness (QED) is 0.0956. The van der Waals surface area contributed by atoms with Crippen LogP contribution in [0.4, 0.5) is 0 Å². The molecule has 2 N–H and O–H groups in total. The van der Waals surface area contributed by atoms with Gasteiger partial charge in [-0.2, -0.15) is 0 Å². The Bertz CT molecular complexity index is 419. The number of carboxylic acids is 1. The second kappa shape index (κ2) is 17.5. The second-order valence-electron chi connectivity index (χ2n) is 5.76. The fourth-order valence-electron chi connectivity index (χ4n) is 2.25. The Hall–Kier alpha value is -1.81. The lowest BCUT2D eigenvalue weighted by Crippen LogP contribution is -1.84. The lowest BCUT2D eigenvalue weighted by Gasteiger charge is -2.01. The van der Waals surface area contributed by atoms with Gasteiger partial charge in [-0.05, 0) is 25.0 Å². The number of unbranched alkanes of at least 4 members (excludes halogenated alkanes) is 9. The largest absolute Gasteiger partial charge is 0.478 e. The van der Waals surface area contributed by atoms with E-state index in [1.807, 2.05) is 6.08 Å². The van der Waals surface area contributed by atoms with Gasteiger partial charge in [0.1, 0.15) is 0 Å². The first kappa shape index (κ1) is 22.2. The van der Waals surface area contributed by atoms with Crippen molar-refractivity contribution in [1.29, 1.82) is 0 Å². The summed E-state index contributed by atoms with van der Waals surface area (Å²) in [6.07, 6.45) is 23.4. The molecule has 4 heteroatoms. The smallest absolute Gasteiger partial charge is 0.328 e. The van der Waals surface area contributed by atoms with Crippen LogP contribution in [0, 0.1) is 0 Å². The molecule has 0 bridgehead atoms. The van der Waals surface area contributed by atoms with E-state index < -0.39 is 5.97 Å². The third kappa shape index (κ3) is 16.6. The van der Waals surface area contributed by atoms with Gasteiger partial charge >= 0.3 is 5.97 Å². The van der Waals surface area contributed by atoms with Crippen molar-refractivity contribution < 1.29 is 20.0 Å². The molecule has 0 unspecified atom stereocenters. The molecule has 24 heavy (non-hydrogen) atoms. The highest BCUT2D eigenvalue weighted by Gasteiger charge is 1.94. The minimum absolute atomic E-state index is 0.404. The molecule has 0 aliphatic heterocycles. The Balaban J connectivity index is 3.75. The summed E-state index contributed by atoms with van der Waals surface area (Å²) in [6.45, 7) is 2.24. The zero-order valence-corrected chi connectivity index (χ0v) is 14.8. The molecule has 0 aromatic heterocycles. The van der Waals surface area contributed by atoms with Crippen molar-refractivity contribution in [3.05, 3.63) is 48.3 Å². The molecule has 0 amide bonds. The van der Waals surface area contributed by atoms with Crippen LogP contribution < -0.4 is 0 Å². The van der Waals surface area contributed by atoms with E-state index in [9.17, 15) is 4.79 Å². The molecule has 0 aromatic carbocycles. The minimum atomic E-state index is -0.983. The summed E-state index contributed by atoms with van der Waals surface area (Å²) in [5, 5.41) is 17.2. The lowest BCUT2D eigenvalue weighted by molar-refractivity contribution is -0.198.